The van der Waals surface area contributed by atoms with Crippen molar-refractivity contribution in [2.75, 3.05) is 26.7 Å². The Morgan fingerprint density at radius 1 is 1.50 bits per heavy atom. The quantitative estimate of drug-likeness (QED) is 0.864. The van der Waals surface area contributed by atoms with E-state index in [0.29, 0.717) is 10.2 Å². The third kappa shape index (κ3) is 3.82. The van der Waals surface area contributed by atoms with Gasteiger partial charge in [0.1, 0.15) is 5.15 Å². The van der Waals surface area contributed by atoms with Crippen LogP contribution in [0.2, 0.25) is 10.2 Å². The molecule has 18 heavy (non-hydrogen) atoms. The predicted molar refractivity (Wildman–Crippen MR) is 76.2 cm³/mol. The van der Waals surface area contributed by atoms with Gasteiger partial charge in [0.05, 0.1) is 0 Å². The minimum Gasteiger partial charge on any atom is -0.319 e. The van der Waals surface area contributed by atoms with Crippen LogP contribution in [0.3, 0.4) is 0 Å². The highest BCUT2D eigenvalue weighted by atomic mass is 35.5. The SMILES string of the molecule is CNCC1CCCN(Cc2cnc(Cl)cc2Cl)C1. The molecule has 0 spiro atoms. The van der Waals surface area contributed by atoms with E-state index in [1.165, 1.54) is 12.8 Å². The first-order chi connectivity index (χ1) is 8.69. The molecule has 1 aliphatic rings. The van der Waals surface area contributed by atoms with Gasteiger partial charge in [-0.3, -0.25) is 4.90 Å². The summed E-state index contributed by atoms with van der Waals surface area (Å²) in [4.78, 5) is 6.55. The van der Waals surface area contributed by atoms with E-state index >= 15 is 0 Å². The number of piperidine rings is 1. The number of likely N-dealkylation sites (tertiary alicyclic amines) is 1. The number of nitrogens with one attached hydrogen (secondary N) is 1. The zero-order valence-corrected chi connectivity index (χ0v) is 12.1. The summed E-state index contributed by atoms with van der Waals surface area (Å²) in [5.74, 6) is 0.739. The number of aromatic nitrogens is 1. The van der Waals surface area contributed by atoms with E-state index in [4.69, 9.17) is 23.2 Å². The van der Waals surface area contributed by atoms with Crippen molar-refractivity contribution in [1.82, 2.24) is 15.2 Å². The number of halogens is 2. The van der Waals surface area contributed by atoms with Crippen molar-refractivity contribution in [3.63, 3.8) is 0 Å². The van der Waals surface area contributed by atoms with E-state index in [1.54, 1.807) is 12.3 Å². The largest absolute Gasteiger partial charge is 0.319 e. The molecule has 1 aromatic heterocycles. The van der Waals surface area contributed by atoms with Crippen LogP contribution in [0.1, 0.15) is 18.4 Å². The lowest BCUT2D eigenvalue weighted by molar-refractivity contribution is 0.166. The maximum Gasteiger partial charge on any atom is 0.130 e. The average molecular weight is 288 g/mol. The molecule has 0 aliphatic carbocycles. The molecular weight excluding hydrogens is 269 g/mol. The molecule has 0 amide bonds. The van der Waals surface area contributed by atoms with Gasteiger partial charge in [-0.25, -0.2) is 4.98 Å². The summed E-state index contributed by atoms with van der Waals surface area (Å²) in [6, 6.07) is 1.72. The van der Waals surface area contributed by atoms with Crippen molar-refractivity contribution >= 4 is 23.2 Å². The van der Waals surface area contributed by atoms with Gasteiger partial charge in [0.15, 0.2) is 0 Å². The molecule has 2 heterocycles. The number of hydrogen-bond acceptors (Lipinski definition) is 3. The smallest absolute Gasteiger partial charge is 0.130 e. The minimum atomic E-state index is 0.454. The molecule has 100 valence electrons. The molecule has 1 atom stereocenters. The summed E-state index contributed by atoms with van der Waals surface area (Å²) < 4.78 is 0. The average Bonchev–Trinajstić information content (AvgIpc) is 2.34. The molecule has 1 fully saturated rings. The first kappa shape index (κ1) is 14.1. The Hall–Kier alpha value is -0.350. The van der Waals surface area contributed by atoms with Crippen molar-refractivity contribution in [3.05, 3.63) is 28.0 Å². The van der Waals surface area contributed by atoms with Gasteiger partial charge in [0.2, 0.25) is 0 Å². The van der Waals surface area contributed by atoms with Gasteiger partial charge in [0, 0.05) is 29.9 Å². The van der Waals surface area contributed by atoms with Crippen LogP contribution in [0.15, 0.2) is 12.3 Å². The minimum absolute atomic E-state index is 0.454. The fraction of sp³-hybridized carbons (Fsp3) is 0.615. The standard InChI is InChI=1S/C13H19Cl2N3/c1-16-6-10-3-2-4-18(8-10)9-11-7-17-13(15)5-12(11)14/h5,7,10,16H,2-4,6,8-9H2,1H3. The van der Waals surface area contributed by atoms with Crippen LogP contribution >= 0.6 is 23.2 Å². The van der Waals surface area contributed by atoms with Crippen molar-refractivity contribution < 1.29 is 0 Å². The molecule has 1 N–H and O–H groups in total. The summed E-state index contributed by atoms with van der Waals surface area (Å²) in [5, 5.41) is 4.43. The molecule has 0 aromatic carbocycles. The van der Waals surface area contributed by atoms with Crippen LogP contribution < -0.4 is 5.32 Å². The molecule has 5 heteroatoms. The molecule has 1 aromatic rings. The fourth-order valence-electron chi connectivity index (χ4n) is 2.54. The Kier molecular flexibility index (Phi) is 5.25. The van der Waals surface area contributed by atoms with Gasteiger partial charge in [-0.2, -0.15) is 0 Å². The zero-order chi connectivity index (χ0) is 13.0. The Labute approximate surface area is 118 Å². The molecule has 1 unspecified atom stereocenters. The normalized spacial score (nSPS) is 21.2. The number of hydrogen-bond donors (Lipinski definition) is 1. The molecule has 0 radical (unpaired) electrons. The second-order valence-electron chi connectivity index (χ2n) is 4.90. The first-order valence-corrected chi connectivity index (χ1v) is 7.11. The van der Waals surface area contributed by atoms with E-state index < -0.39 is 0 Å². The van der Waals surface area contributed by atoms with Gasteiger partial charge in [-0.1, -0.05) is 23.2 Å². The lowest BCUT2D eigenvalue weighted by Crippen LogP contribution is -2.38. The number of pyridine rings is 1. The maximum absolute atomic E-state index is 6.18. The van der Waals surface area contributed by atoms with Crippen molar-refractivity contribution in [3.8, 4) is 0 Å². The van der Waals surface area contributed by atoms with Crippen LogP contribution in [0.25, 0.3) is 0 Å². The summed E-state index contributed by atoms with van der Waals surface area (Å²) in [6.07, 6.45) is 4.35. The van der Waals surface area contributed by atoms with Crippen LogP contribution in [-0.2, 0) is 6.54 Å². The van der Waals surface area contributed by atoms with Gasteiger partial charge < -0.3 is 5.32 Å². The number of rotatable bonds is 4. The van der Waals surface area contributed by atoms with Crippen LogP contribution in [0.5, 0.6) is 0 Å². The molecule has 0 saturated carbocycles. The highest BCUT2D eigenvalue weighted by Gasteiger charge is 2.20. The molecule has 2 rings (SSSR count). The van der Waals surface area contributed by atoms with Crippen molar-refractivity contribution in [2.24, 2.45) is 5.92 Å². The maximum atomic E-state index is 6.18. The second kappa shape index (κ2) is 6.71. The summed E-state index contributed by atoms with van der Waals surface area (Å²) in [5.41, 5.74) is 1.06. The van der Waals surface area contributed by atoms with Crippen molar-refractivity contribution in [2.45, 2.75) is 19.4 Å². The Morgan fingerprint density at radius 3 is 3.06 bits per heavy atom. The second-order valence-corrected chi connectivity index (χ2v) is 5.69. The van der Waals surface area contributed by atoms with E-state index in [-0.39, 0.29) is 0 Å². The van der Waals surface area contributed by atoms with Crippen molar-refractivity contribution in [1.29, 1.82) is 0 Å². The Balaban J connectivity index is 1.96. The van der Waals surface area contributed by atoms with Crippen LogP contribution in [0, 0.1) is 5.92 Å². The summed E-state index contributed by atoms with van der Waals surface area (Å²) in [7, 11) is 2.01. The van der Waals surface area contributed by atoms with E-state index in [0.717, 1.165) is 37.7 Å². The Morgan fingerprint density at radius 2 is 2.33 bits per heavy atom. The van der Waals surface area contributed by atoms with Gasteiger partial charge >= 0.3 is 0 Å². The molecular formula is C13H19Cl2N3. The molecule has 0 bridgehead atoms. The Bertz CT molecular complexity index is 396. The highest BCUT2D eigenvalue weighted by Crippen LogP contribution is 2.23. The number of nitrogens with zero attached hydrogens (tertiary/aromatic N) is 2. The molecule has 1 aliphatic heterocycles. The zero-order valence-electron chi connectivity index (χ0n) is 10.6. The molecule has 1 saturated heterocycles. The van der Waals surface area contributed by atoms with Gasteiger partial charge in [-0.05, 0) is 45.0 Å². The first-order valence-electron chi connectivity index (χ1n) is 6.36. The molecule has 3 nitrogen and oxygen atoms in total. The van der Waals surface area contributed by atoms with E-state index in [1.807, 2.05) is 7.05 Å². The van der Waals surface area contributed by atoms with Gasteiger partial charge in [0.25, 0.3) is 0 Å². The monoisotopic (exact) mass is 287 g/mol. The topological polar surface area (TPSA) is 28.2 Å². The predicted octanol–water partition coefficient (Wildman–Crippen LogP) is 2.82. The third-order valence-corrected chi connectivity index (χ3v) is 3.94. The summed E-state index contributed by atoms with van der Waals surface area (Å²) >= 11 is 12.0. The summed E-state index contributed by atoms with van der Waals surface area (Å²) in [6.45, 7) is 4.21. The van der Waals surface area contributed by atoms with E-state index in [9.17, 15) is 0 Å². The van der Waals surface area contributed by atoms with Crippen LogP contribution in [-0.4, -0.2) is 36.6 Å². The third-order valence-electron chi connectivity index (χ3n) is 3.39. The fourth-order valence-corrected chi connectivity index (χ4v) is 2.97. The van der Waals surface area contributed by atoms with E-state index in [2.05, 4.69) is 15.2 Å². The highest BCUT2D eigenvalue weighted by molar-refractivity contribution is 6.34. The van der Waals surface area contributed by atoms with Gasteiger partial charge in [-0.15, -0.1) is 0 Å². The van der Waals surface area contributed by atoms with Crippen LogP contribution in [0.4, 0.5) is 0 Å². The lowest BCUT2D eigenvalue weighted by atomic mass is 9.98. The lowest BCUT2D eigenvalue weighted by Gasteiger charge is -2.32.